The van der Waals surface area contributed by atoms with E-state index in [1.807, 2.05) is 0 Å². The Bertz CT molecular complexity index is 2380. The molecule has 62 heavy (non-hydrogen) atoms. The van der Waals surface area contributed by atoms with Crippen LogP contribution in [0.25, 0.3) is 43.2 Å². The number of nitrogens with two attached hydrogens (primary N) is 2. The standard InChI is InChI=1S/C24H43N9O3Si2.C12H15N9O3/c1-23(2,3)37(7,8)35-17-15(13-32-11-12-32)34-21(18(17)36-38(9,10)24(4,5)6)33-20-16(19(25)27-14-28-20)29-22(33)30-31-26;13-9-6-10(16-4-15-9)21(12(17-6)18-19-14)11-8(23)7(22)5(24-11)3-20-1-2-20/h14-15,17-18,21H,11-13H2,1-10H3,(H2,25,27,28);4-5,7-8,11,22-23H,1-3H2,(H2,13,15,16)/t15-,17-,18?,21-;5-,7+,8?,11-/m11/s1. The number of fused-ring (bicyclic) bond motifs is 2. The maximum atomic E-state index is 10.4. The number of aromatic nitrogens is 8. The first kappa shape index (κ1) is 45.5. The van der Waals surface area contributed by atoms with E-state index in [1.54, 1.807) is 4.57 Å². The van der Waals surface area contributed by atoms with Crippen LogP contribution in [-0.4, -0.2) is 152 Å². The van der Waals surface area contributed by atoms with Crippen molar-refractivity contribution in [2.45, 2.75) is 127 Å². The van der Waals surface area contributed by atoms with Crippen LogP contribution in [0.4, 0.5) is 23.5 Å². The third kappa shape index (κ3) is 8.95. The van der Waals surface area contributed by atoms with Crippen LogP contribution in [0.5, 0.6) is 0 Å². The molecule has 8 rings (SSSR count). The summed E-state index contributed by atoms with van der Waals surface area (Å²) in [6.07, 6.45) is -2.98. The monoisotopic (exact) mass is 894 g/mol. The highest BCUT2D eigenvalue weighted by atomic mass is 28.4. The number of ether oxygens (including phenoxy) is 2. The van der Waals surface area contributed by atoms with Crippen LogP contribution < -0.4 is 11.5 Å². The van der Waals surface area contributed by atoms with Crippen LogP contribution in [0, 0.1) is 0 Å². The van der Waals surface area contributed by atoms with E-state index in [0.29, 0.717) is 17.7 Å². The lowest BCUT2D eigenvalue weighted by Gasteiger charge is -2.44. The van der Waals surface area contributed by atoms with Gasteiger partial charge in [0.05, 0.1) is 0 Å². The van der Waals surface area contributed by atoms with Crippen molar-refractivity contribution in [1.82, 2.24) is 48.8 Å². The molecule has 0 aromatic carbocycles. The first-order chi connectivity index (χ1) is 29.1. The third-order valence-electron chi connectivity index (χ3n) is 12.8. The minimum absolute atomic E-state index is 0.00331. The molecule has 4 aliphatic heterocycles. The van der Waals surface area contributed by atoms with Gasteiger partial charge in [-0.25, -0.2) is 29.9 Å². The van der Waals surface area contributed by atoms with Gasteiger partial charge in [0.2, 0.25) is 11.9 Å². The van der Waals surface area contributed by atoms with Gasteiger partial charge in [0.1, 0.15) is 49.3 Å². The van der Waals surface area contributed by atoms with Crippen LogP contribution in [-0.2, 0) is 18.3 Å². The van der Waals surface area contributed by atoms with E-state index in [0.717, 1.165) is 32.7 Å². The Kier molecular flexibility index (Phi) is 12.4. The fraction of sp³-hybridized carbons (Fsp3) is 0.722. The molecule has 4 aromatic rings. The number of azide groups is 2. The van der Waals surface area contributed by atoms with Crippen molar-refractivity contribution in [3.63, 3.8) is 0 Å². The molecule has 4 aromatic heterocycles. The van der Waals surface area contributed by atoms with Gasteiger partial charge in [-0.15, -0.1) is 0 Å². The number of aliphatic hydroxyl groups is 2. The molecule has 0 radical (unpaired) electrons. The second-order valence-corrected chi connectivity index (χ2v) is 28.7. The summed E-state index contributed by atoms with van der Waals surface area (Å²) >= 11 is 0. The molecule has 8 atom stereocenters. The van der Waals surface area contributed by atoms with Crippen LogP contribution >= 0.6 is 0 Å². The molecule has 0 amide bonds. The molecule has 4 aliphatic rings. The van der Waals surface area contributed by atoms with Gasteiger partial charge in [0, 0.05) is 49.1 Å². The van der Waals surface area contributed by atoms with Gasteiger partial charge in [-0.1, -0.05) is 41.5 Å². The Morgan fingerprint density at radius 2 is 1.11 bits per heavy atom. The summed E-state index contributed by atoms with van der Waals surface area (Å²) in [6, 6.07) is 0. The van der Waals surface area contributed by atoms with Crippen LogP contribution in [0.1, 0.15) is 54.0 Å². The lowest BCUT2D eigenvalue weighted by molar-refractivity contribution is -0.0365. The zero-order valence-corrected chi connectivity index (χ0v) is 38.9. The lowest BCUT2D eigenvalue weighted by Crippen LogP contribution is -2.54. The Balaban J connectivity index is 0.000000206. The number of imidazole rings is 2. The highest BCUT2D eigenvalue weighted by molar-refractivity contribution is 6.74. The maximum absolute atomic E-state index is 10.4. The topological polar surface area (TPSA) is 320 Å². The summed E-state index contributed by atoms with van der Waals surface area (Å²) in [5.74, 6) is 0.366. The van der Waals surface area contributed by atoms with Crippen molar-refractivity contribution >= 4 is 62.5 Å². The average molecular weight is 895 g/mol. The van der Waals surface area contributed by atoms with Crippen molar-refractivity contribution in [3.8, 4) is 0 Å². The molecular weight excluding hydrogens is 837 g/mol. The van der Waals surface area contributed by atoms with Crippen molar-refractivity contribution < 1.29 is 28.5 Å². The largest absolute Gasteiger partial charge is 0.408 e. The summed E-state index contributed by atoms with van der Waals surface area (Å²) in [6.45, 7) is 27.5. The van der Waals surface area contributed by atoms with Crippen molar-refractivity contribution in [1.29, 1.82) is 0 Å². The second-order valence-electron chi connectivity index (χ2n) is 19.2. The predicted octanol–water partition coefficient (Wildman–Crippen LogP) is 4.63. The summed E-state index contributed by atoms with van der Waals surface area (Å²) in [5, 5.41) is 28.0. The SMILES string of the molecule is CC(C)(C)[Si](C)(C)OC1[C@H](n2c(N=[N+]=[N-])nc3c(N)ncnc32)O[C@H](CN2CC2)[C@H]1O[Si](C)(C)C(C)(C)C.[N-]=[N+]=Nc1nc2c(N)ncnc2n1[C@@H]1O[C@H](CN2CC2)[C@H](O)C1O. The molecule has 26 heteroatoms. The van der Waals surface area contributed by atoms with E-state index in [9.17, 15) is 15.7 Å². The van der Waals surface area contributed by atoms with Gasteiger partial charge in [0.25, 0.3) is 0 Å². The Morgan fingerprint density at radius 1 is 0.694 bits per heavy atom. The number of hydrogen-bond acceptors (Lipinski definition) is 18. The van der Waals surface area contributed by atoms with Gasteiger partial charge in [-0.2, -0.15) is 0 Å². The van der Waals surface area contributed by atoms with Gasteiger partial charge in [-0.05, 0) is 57.6 Å². The first-order valence-electron chi connectivity index (χ1n) is 20.6. The van der Waals surface area contributed by atoms with Gasteiger partial charge >= 0.3 is 0 Å². The van der Waals surface area contributed by atoms with Crippen molar-refractivity contribution in [2.24, 2.45) is 10.2 Å². The molecule has 0 saturated carbocycles. The summed E-state index contributed by atoms with van der Waals surface area (Å²) < 4.78 is 30.0. The average Bonchev–Trinajstić information content (AvgIpc) is 4.07. The molecule has 4 saturated heterocycles. The molecule has 0 spiro atoms. The van der Waals surface area contributed by atoms with E-state index >= 15 is 0 Å². The quantitative estimate of drug-likeness (QED) is 0.0495. The van der Waals surface area contributed by atoms with E-state index < -0.39 is 53.5 Å². The molecule has 4 fully saturated rings. The van der Waals surface area contributed by atoms with E-state index in [1.165, 1.54) is 17.2 Å². The summed E-state index contributed by atoms with van der Waals surface area (Å²) in [5.41, 5.74) is 31.3. The molecular formula is C36H58N18O6Si2. The number of nitrogens with zero attached hydrogens (tertiary/aromatic N) is 16. The first-order valence-corrected chi connectivity index (χ1v) is 26.4. The summed E-state index contributed by atoms with van der Waals surface area (Å²) in [7, 11) is -4.54. The fourth-order valence-electron chi connectivity index (χ4n) is 6.99. The van der Waals surface area contributed by atoms with Crippen LogP contribution in [0.15, 0.2) is 22.9 Å². The molecule has 336 valence electrons. The lowest BCUT2D eigenvalue weighted by atomic mass is 10.1. The number of rotatable bonds is 12. The molecule has 2 unspecified atom stereocenters. The van der Waals surface area contributed by atoms with Crippen LogP contribution in [0.2, 0.25) is 36.3 Å². The minimum Gasteiger partial charge on any atom is -0.408 e. The number of hydrogen-bond donors (Lipinski definition) is 4. The molecule has 0 bridgehead atoms. The third-order valence-corrected chi connectivity index (χ3v) is 21.8. The van der Waals surface area contributed by atoms with E-state index in [4.69, 9.17) is 35.3 Å². The van der Waals surface area contributed by atoms with Crippen molar-refractivity contribution in [3.05, 3.63) is 33.5 Å². The Hall–Kier alpha value is -4.57. The number of anilines is 2. The van der Waals surface area contributed by atoms with E-state index in [-0.39, 0.29) is 57.0 Å². The normalized spacial score (nSPS) is 26.9. The van der Waals surface area contributed by atoms with Gasteiger partial charge < -0.3 is 40.0 Å². The Morgan fingerprint density at radius 3 is 1.55 bits per heavy atom. The number of nitrogen functional groups attached to an aromatic ring is 2. The second kappa shape index (κ2) is 16.9. The molecule has 0 aliphatic carbocycles. The van der Waals surface area contributed by atoms with Gasteiger partial charge in [-0.3, -0.25) is 18.9 Å². The zero-order valence-electron chi connectivity index (χ0n) is 36.9. The fourth-order valence-corrected chi connectivity index (χ4v) is 9.60. The van der Waals surface area contributed by atoms with E-state index in [2.05, 4.69) is 127 Å². The van der Waals surface area contributed by atoms with Crippen LogP contribution in [0.3, 0.4) is 0 Å². The molecule has 24 nitrogen and oxygen atoms in total. The molecule has 6 N–H and O–H groups in total. The Labute approximate surface area is 360 Å². The zero-order chi connectivity index (χ0) is 45.1. The predicted molar refractivity (Wildman–Crippen MR) is 234 cm³/mol. The molecule has 8 heterocycles. The summed E-state index contributed by atoms with van der Waals surface area (Å²) in [4.78, 5) is 35.2. The smallest absolute Gasteiger partial charge is 0.201 e. The van der Waals surface area contributed by atoms with Crippen molar-refractivity contribution in [2.75, 3.05) is 50.7 Å². The van der Waals surface area contributed by atoms with Gasteiger partial charge in [0.15, 0.2) is 63.1 Å². The highest BCUT2D eigenvalue weighted by Gasteiger charge is 2.55. The highest BCUT2D eigenvalue weighted by Crippen LogP contribution is 2.47. The minimum atomic E-state index is -2.31. The number of aliphatic hydroxyl groups excluding tert-OH is 2. The maximum Gasteiger partial charge on any atom is 0.201 e.